The van der Waals surface area contributed by atoms with Gasteiger partial charge in [-0.1, -0.05) is 23.9 Å². The van der Waals surface area contributed by atoms with Crippen LogP contribution in [0.5, 0.6) is 0 Å². The van der Waals surface area contributed by atoms with Crippen LogP contribution in [0.3, 0.4) is 0 Å². The van der Waals surface area contributed by atoms with Gasteiger partial charge in [-0.25, -0.2) is 9.37 Å². The van der Waals surface area contributed by atoms with Gasteiger partial charge in [-0.3, -0.25) is 4.99 Å². The molecule has 0 radical (unpaired) electrons. The van der Waals surface area contributed by atoms with Gasteiger partial charge in [0.05, 0.1) is 0 Å². The van der Waals surface area contributed by atoms with Gasteiger partial charge < -0.3 is 10.6 Å². The van der Waals surface area contributed by atoms with Crippen LogP contribution in [0.2, 0.25) is 0 Å². The lowest BCUT2D eigenvalue weighted by Crippen LogP contribution is -2.38. The fourth-order valence-corrected chi connectivity index (χ4v) is 3.56. The molecule has 124 valence electrons. The summed E-state index contributed by atoms with van der Waals surface area (Å²) in [4.78, 5) is 8.44. The Morgan fingerprint density at radius 1 is 1.26 bits per heavy atom. The summed E-state index contributed by atoms with van der Waals surface area (Å²) in [6.07, 6.45) is 3.71. The fourth-order valence-electron chi connectivity index (χ4n) is 1.92. The first kappa shape index (κ1) is 17.7. The van der Waals surface area contributed by atoms with Gasteiger partial charge in [-0.05, 0) is 30.5 Å². The van der Waals surface area contributed by atoms with Gasteiger partial charge in [0.25, 0.3) is 0 Å². The Bertz CT molecular complexity index is 585. The van der Waals surface area contributed by atoms with Gasteiger partial charge in [-0.15, -0.1) is 11.3 Å². The normalized spacial score (nSPS) is 11.5. The SMILES string of the molecule is CN=C(NCCCSc1nccs1)NCCc1ccc(F)cc1. The average Bonchev–Trinajstić information content (AvgIpc) is 3.08. The number of rotatable bonds is 8. The molecule has 23 heavy (non-hydrogen) atoms. The summed E-state index contributed by atoms with van der Waals surface area (Å²) >= 11 is 3.45. The first-order valence-corrected chi connectivity index (χ1v) is 9.35. The van der Waals surface area contributed by atoms with E-state index in [2.05, 4.69) is 20.6 Å². The molecule has 2 N–H and O–H groups in total. The lowest BCUT2D eigenvalue weighted by molar-refractivity contribution is 0.626. The van der Waals surface area contributed by atoms with E-state index in [0.717, 1.165) is 47.5 Å². The van der Waals surface area contributed by atoms with Gasteiger partial charge >= 0.3 is 0 Å². The first-order valence-electron chi connectivity index (χ1n) is 7.49. The zero-order valence-corrected chi connectivity index (χ0v) is 14.7. The van der Waals surface area contributed by atoms with Crippen LogP contribution in [0.4, 0.5) is 4.39 Å². The Balaban J connectivity index is 1.57. The Labute approximate surface area is 144 Å². The molecule has 0 amide bonds. The molecule has 0 aliphatic rings. The van der Waals surface area contributed by atoms with Gasteiger partial charge in [-0.2, -0.15) is 0 Å². The van der Waals surface area contributed by atoms with Gasteiger partial charge in [0.1, 0.15) is 10.2 Å². The second-order valence-electron chi connectivity index (χ2n) is 4.80. The Morgan fingerprint density at radius 3 is 2.74 bits per heavy atom. The molecule has 1 aromatic heterocycles. The number of guanidine groups is 1. The number of thioether (sulfide) groups is 1. The number of hydrogen-bond donors (Lipinski definition) is 2. The standard InChI is InChI=1S/C16H21FN4S2/c1-18-15(19-8-2-11-22-16-21-10-12-23-16)20-9-7-13-3-5-14(17)6-4-13/h3-6,10,12H,2,7-9,11H2,1H3,(H2,18,19,20). The van der Waals surface area contributed by atoms with Crippen molar-refractivity contribution in [3.63, 3.8) is 0 Å². The van der Waals surface area contributed by atoms with Crippen molar-refractivity contribution in [2.24, 2.45) is 4.99 Å². The smallest absolute Gasteiger partial charge is 0.190 e. The van der Waals surface area contributed by atoms with Crippen LogP contribution in [-0.4, -0.2) is 36.8 Å². The van der Waals surface area contributed by atoms with E-state index in [0.29, 0.717) is 0 Å². The highest BCUT2D eigenvalue weighted by Crippen LogP contribution is 2.20. The summed E-state index contributed by atoms with van der Waals surface area (Å²) in [6, 6.07) is 6.59. The van der Waals surface area contributed by atoms with Crippen molar-refractivity contribution in [2.75, 3.05) is 25.9 Å². The molecule has 2 rings (SSSR count). The molecule has 0 aliphatic heterocycles. The van der Waals surface area contributed by atoms with E-state index in [4.69, 9.17) is 0 Å². The Morgan fingerprint density at radius 2 is 2.04 bits per heavy atom. The number of aliphatic imine (C=N–C) groups is 1. The molecule has 0 saturated heterocycles. The number of hydrogen-bond acceptors (Lipinski definition) is 4. The van der Waals surface area contributed by atoms with Crippen molar-refractivity contribution in [2.45, 2.75) is 17.2 Å². The molecule has 1 heterocycles. The van der Waals surface area contributed by atoms with E-state index >= 15 is 0 Å². The number of halogens is 1. The van der Waals surface area contributed by atoms with Crippen molar-refractivity contribution < 1.29 is 4.39 Å². The number of thiazole rings is 1. The first-order chi connectivity index (χ1) is 11.3. The number of aromatic nitrogens is 1. The zero-order chi connectivity index (χ0) is 16.3. The number of nitrogens with one attached hydrogen (secondary N) is 2. The van der Waals surface area contributed by atoms with Crippen molar-refractivity contribution in [3.05, 3.63) is 47.2 Å². The van der Waals surface area contributed by atoms with Gasteiger partial charge in [0.15, 0.2) is 5.96 Å². The maximum absolute atomic E-state index is 12.8. The molecular weight excluding hydrogens is 331 g/mol. The predicted molar refractivity (Wildman–Crippen MR) is 96.9 cm³/mol. The molecule has 2 aromatic rings. The van der Waals surface area contributed by atoms with Crippen LogP contribution in [0.25, 0.3) is 0 Å². The van der Waals surface area contributed by atoms with Gasteiger partial charge in [0.2, 0.25) is 0 Å². The molecular formula is C16H21FN4S2. The molecule has 0 bridgehead atoms. The third kappa shape index (κ3) is 7.00. The Hall–Kier alpha value is -1.60. The number of benzene rings is 1. The van der Waals surface area contributed by atoms with Crippen LogP contribution >= 0.6 is 23.1 Å². The largest absolute Gasteiger partial charge is 0.356 e. The third-order valence-electron chi connectivity index (χ3n) is 3.09. The number of nitrogens with zero attached hydrogens (tertiary/aromatic N) is 2. The summed E-state index contributed by atoms with van der Waals surface area (Å²) in [5, 5.41) is 8.55. The lowest BCUT2D eigenvalue weighted by atomic mass is 10.1. The molecule has 0 atom stereocenters. The molecule has 4 nitrogen and oxygen atoms in total. The minimum Gasteiger partial charge on any atom is -0.356 e. The molecule has 0 spiro atoms. The maximum Gasteiger partial charge on any atom is 0.190 e. The highest BCUT2D eigenvalue weighted by Gasteiger charge is 1.99. The van der Waals surface area contributed by atoms with Crippen LogP contribution in [0.15, 0.2) is 45.2 Å². The second kappa shape index (κ2) is 10.2. The van der Waals surface area contributed by atoms with Crippen LogP contribution in [-0.2, 0) is 6.42 Å². The maximum atomic E-state index is 12.8. The summed E-state index contributed by atoms with van der Waals surface area (Å²) in [6.45, 7) is 1.63. The van der Waals surface area contributed by atoms with E-state index in [1.807, 2.05) is 23.7 Å². The van der Waals surface area contributed by atoms with Crippen LogP contribution in [0, 0.1) is 5.82 Å². The minimum atomic E-state index is -0.199. The summed E-state index contributed by atoms with van der Waals surface area (Å²) < 4.78 is 14.0. The monoisotopic (exact) mass is 352 g/mol. The van der Waals surface area contributed by atoms with E-state index in [9.17, 15) is 4.39 Å². The molecule has 0 unspecified atom stereocenters. The topological polar surface area (TPSA) is 49.3 Å². The molecule has 0 saturated carbocycles. The zero-order valence-electron chi connectivity index (χ0n) is 13.1. The summed E-state index contributed by atoms with van der Waals surface area (Å²) in [5.74, 6) is 1.63. The molecule has 0 aliphatic carbocycles. The summed E-state index contributed by atoms with van der Waals surface area (Å²) in [7, 11) is 1.76. The van der Waals surface area contributed by atoms with Crippen molar-refractivity contribution in [3.8, 4) is 0 Å². The van der Waals surface area contributed by atoms with E-state index < -0.39 is 0 Å². The lowest BCUT2D eigenvalue weighted by Gasteiger charge is -2.11. The van der Waals surface area contributed by atoms with Crippen molar-refractivity contribution >= 4 is 29.1 Å². The van der Waals surface area contributed by atoms with Crippen molar-refractivity contribution in [1.82, 2.24) is 15.6 Å². The quantitative estimate of drug-likeness (QED) is 0.332. The van der Waals surface area contributed by atoms with E-state index in [1.54, 1.807) is 30.1 Å². The molecule has 7 heteroatoms. The molecule has 1 aromatic carbocycles. The van der Waals surface area contributed by atoms with E-state index in [-0.39, 0.29) is 5.82 Å². The van der Waals surface area contributed by atoms with E-state index in [1.165, 1.54) is 12.1 Å². The van der Waals surface area contributed by atoms with Gasteiger partial charge in [0, 0.05) is 37.5 Å². The average molecular weight is 353 g/mol. The molecule has 0 fully saturated rings. The van der Waals surface area contributed by atoms with Crippen LogP contribution in [0.1, 0.15) is 12.0 Å². The highest BCUT2D eigenvalue weighted by atomic mass is 32.2. The third-order valence-corrected chi connectivity index (χ3v) is 5.14. The fraction of sp³-hybridized carbons (Fsp3) is 0.375. The van der Waals surface area contributed by atoms with Crippen LogP contribution < -0.4 is 10.6 Å². The predicted octanol–water partition coefficient (Wildman–Crippen LogP) is 3.17. The second-order valence-corrected chi connectivity index (χ2v) is 7.04. The summed E-state index contributed by atoms with van der Waals surface area (Å²) in [5.41, 5.74) is 1.11. The Kier molecular flexibility index (Phi) is 7.89. The van der Waals surface area contributed by atoms with Crippen molar-refractivity contribution in [1.29, 1.82) is 0 Å². The minimum absolute atomic E-state index is 0.199. The highest BCUT2D eigenvalue weighted by molar-refractivity contribution is 8.00.